The van der Waals surface area contributed by atoms with Gasteiger partial charge < -0.3 is 14.8 Å². The number of aryl methyl sites for hydroxylation is 1. The number of imidazole rings is 1. The van der Waals surface area contributed by atoms with Crippen molar-refractivity contribution in [2.45, 2.75) is 20.0 Å². The number of aliphatic hydroxyl groups excluding tert-OH is 1. The van der Waals surface area contributed by atoms with E-state index in [0.717, 1.165) is 16.9 Å². The van der Waals surface area contributed by atoms with E-state index >= 15 is 0 Å². The lowest BCUT2D eigenvalue weighted by Gasteiger charge is -2.14. The van der Waals surface area contributed by atoms with Crippen LogP contribution in [0.2, 0.25) is 0 Å². The summed E-state index contributed by atoms with van der Waals surface area (Å²) >= 11 is 0. The Labute approximate surface area is 178 Å². The average Bonchev–Trinajstić information content (AvgIpc) is 3.40. The first-order chi connectivity index (χ1) is 15.0. The number of nitrogens with one attached hydrogen (secondary N) is 1. The summed E-state index contributed by atoms with van der Waals surface area (Å²) < 4.78 is 7.12. The van der Waals surface area contributed by atoms with E-state index in [2.05, 4.69) is 15.1 Å². The Bertz CT molecular complexity index is 1290. The number of benzene rings is 2. The van der Waals surface area contributed by atoms with E-state index in [-0.39, 0.29) is 17.2 Å². The third-order valence-electron chi connectivity index (χ3n) is 4.84. The molecule has 0 aliphatic carbocycles. The zero-order valence-electron chi connectivity index (χ0n) is 16.9. The molecule has 0 saturated carbocycles. The van der Waals surface area contributed by atoms with Crippen molar-refractivity contribution in [1.29, 1.82) is 5.26 Å². The lowest BCUT2D eigenvalue weighted by atomic mass is 10.1. The van der Waals surface area contributed by atoms with E-state index in [4.69, 9.17) is 4.74 Å². The molecule has 2 N–H and O–H groups in total. The van der Waals surface area contributed by atoms with Gasteiger partial charge in [-0.3, -0.25) is 0 Å². The number of allylic oxidation sites excluding steroid dienone is 1. The van der Waals surface area contributed by atoms with Crippen LogP contribution >= 0.6 is 0 Å². The van der Waals surface area contributed by atoms with Gasteiger partial charge >= 0.3 is 5.97 Å². The van der Waals surface area contributed by atoms with Gasteiger partial charge in [-0.25, -0.2) is 14.5 Å². The second-order valence-corrected chi connectivity index (χ2v) is 6.95. The zero-order chi connectivity index (χ0) is 22.0. The van der Waals surface area contributed by atoms with Crippen LogP contribution in [-0.4, -0.2) is 36.9 Å². The van der Waals surface area contributed by atoms with Crippen molar-refractivity contribution in [3.05, 3.63) is 83.6 Å². The molecule has 0 saturated heterocycles. The number of carbonyl (C=O) groups excluding carboxylic acids is 1. The molecule has 2 aromatic carbocycles. The van der Waals surface area contributed by atoms with Gasteiger partial charge in [0, 0.05) is 11.9 Å². The van der Waals surface area contributed by atoms with Crippen molar-refractivity contribution in [3.8, 4) is 11.8 Å². The molecule has 4 aromatic rings. The average molecular weight is 413 g/mol. The van der Waals surface area contributed by atoms with Crippen LogP contribution in [0.25, 0.3) is 22.3 Å². The number of para-hydroxylation sites is 2. The molecule has 4 rings (SSSR count). The predicted molar refractivity (Wildman–Crippen MR) is 114 cm³/mol. The number of aliphatic hydroxyl groups is 1. The highest BCUT2D eigenvalue weighted by Gasteiger charge is 2.22. The molecule has 0 aliphatic heterocycles. The van der Waals surface area contributed by atoms with Gasteiger partial charge in [0.1, 0.15) is 11.6 Å². The number of hydrogen-bond donors (Lipinski definition) is 2. The van der Waals surface area contributed by atoms with E-state index in [0.29, 0.717) is 11.1 Å². The minimum atomic E-state index is -1.04. The minimum absolute atomic E-state index is 0.0824. The van der Waals surface area contributed by atoms with Crippen LogP contribution in [0.3, 0.4) is 0 Å². The minimum Gasteiger partial charge on any atom is -0.507 e. The quantitative estimate of drug-likeness (QED) is 0.289. The number of hydrogen-bond acceptors (Lipinski definition) is 6. The molecule has 0 aliphatic rings. The van der Waals surface area contributed by atoms with Crippen LogP contribution in [0.1, 0.15) is 28.8 Å². The molecule has 0 amide bonds. The molecule has 0 bridgehead atoms. The number of esters is 1. The van der Waals surface area contributed by atoms with Crippen LogP contribution in [0.4, 0.5) is 0 Å². The van der Waals surface area contributed by atoms with Gasteiger partial charge in [-0.05, 0) is 56.3 Å². The predicted octanol–water partition coefficient (Wildman–Crippen LogP) is 4.10. The third-order valence-corrected chi connectivity index (χ3v) is 4.84. The maximum Gasteiger partial charge on any atom is 0.338 e. The molecule has 1 atom stereocenters. The van der Waals surface area contributed by atoms with E-state index in [1.807, 2.05) is 37.3 Å². The van der Waals surface area contributed by atoms with Gasteiger partial charge in [-0.2, -0.15) is 10.4 Å². The molecule has 8 nitrogen and oxygen atoms in total. The van der Waals surface area contributed by atoms with Crippen LogP contribution in [0.15, 0.2) is 66.6 Å². The fraction of sp³-hybridized carbons (Fsp3) is 0.130. The first kappa shape index (κ1) is 19.9. The van der Waals surface area contributed by atoms with Crippen molar-refractivity contribution in [2.24, 2.45) is 0 Å². The summed E-state index contributed by atoms with van der Waals surface area (Å²) in [6.45, 7) is 3.43. The van der Waals surface area contributed by atoms with Gasteiger partial charge in [0.25, 0.3) is 0 Å². The Morgan fingerprint density at radius 2 is 1.94 bits per heavy atom. The molecule has 2 aromatic heterocycles. The van der Waals surface area contributed by atoms with Crippen molar-refractivity contribution < 1.29 is 14.6 Å². The number of rotatable bonds is 5. The van der Waals surface area contributed by atoms with Crippen molar-refractivity contribution >= 4 is 22.6 Å². The Hall–Kier alpha value is -4.38. The van der Waals surface area contributed by atoms with Crippen LogP contribution in [-0.2, 0) is 4.74 Å². The van der Waals surface area contributed by atoms with Crippen LogP contribution in [0.5, 0.6) is 0 Å². The summed E-state index contributed by atoms with van der Waals surface area (Å²) in [5, 5.41) is 24.3. The highest BCUT2D eigenvalue weighted by molar-refractivity contribution is 5.90. The molecule has 0 fully saturated rings. The molecule has 0 spiro atoms. The number of nitrogens with zero attached hydrogens (tertiary/aromatic N) is 4. The van der Waals surface area contributed by atoms with Gasteiger partial charge in [0.05, 0.1) is 22.3 Å². The number of nitriles is 1. The van der Waals surface area contributed by atoms with Gasteiger partial charge in [0.15, 0.2) is 17.7 Å². The second-order valence-electron chi connectivity index (χ2n) is 6.95. The summed E-state index contributed by atoms with van der Waals surface area (Å²) in [4.78, 5) is 19.8. The lowest BCUT2D eigenvalue weighted by Crippen LogP contribution is -2.18. The van der Waals surface area contributed by atoms with E-state index in [1.54, 1.807) is 41.2 Å². The highest BCUT2D eigenvalue weighted by atomic mass is 16.6. The maximum absolute atomic E-state index is 12.5. The first-order valence-corrected chi connectivity index (χ1v) is 9.58. The highest BCUT2D eigenvalue weighted by Crippen LogP contribution is 2.22. The van der Waals surface area contributed by atoms with Gasteiger partial charge in [-0.15, -0.1) is 0 Å². The summed E-state index contributed by atoms with van der Waals surface area (Å²) in [7, 11) is 0. The van der Waals surface area contributed by atoms with Gasteiger partial charge in [0.2, 0.25) is 0 Å². The van der Waals surface area contributed by atoms with Crippen LogP contribution < -0.4 is 0 Å². The molecule has 31 heavy (non-hydrogen) atoms. The third kappa shape index (κ3) is 3.89. The SMILES string of the molecule is Cc1ccnn1-c1ccc(C(=O)O[C@H](C)/C(O)=C(\C#N)c2nc3ccccc3[nH]2)cc1. The fourth-order valence-corrected chi connectivity index (χ4v) is 3.17. The van der Waals surface area contributed by atoms with E-state index < -0.39 is 12.1 Å². The topological polar surface area (TPSA) is 117 Å². The number of carbonyl (C=O) groups is 1. The fourth-order valence-electron chi connectivity index (χ4n) is 3.17. The molecular formula is C23H19N5O3. The summed E-state index contributed by atoms with van der Waals surface area (Å²) in [6.07, 6.45) is 0.659. The maximum atomic E-state index is 12.5. The normalized spacial score (nSPS) is 12.8. The Kier molecular flexibility index (Phi) is 5.24. The number of aromatic amines is 1. The monoisotopic (exact) mass is 413 g/mol. The molecule has 2 heterocycles. The first-order valence-electron chi connectivity index (χ1n) is 9.58. The Balaban J connectivity index is 1.53. The molecule has 8 heteroatoms. The summed E-state index contributed by atoms with van der Waals surface area (Å²) in [6, 6.07) is 17.8. The summed E-state index contributed by atoms with van der Waals surface area (Å²) in [5.41, 5.74) is 3.40. The second kappa shape index (κ2) is 8.16. The van der Waals surface area contributed by atoms with Gasteiger partial charge in [-0.1, -0.05) is 12.1 Å². The Morgan fingerprint density at radius 3 is 2.58 bits per heavy atom. The zero-order valence-corrected chi connectivity index (χ0v) is 16.9. The molecule has 0 radical (unpaired) electrons. The summed E-state index contributed by atoms with van der Waals surface area (Å²) in [5.74, 6) is -0.786. The van der Waals surface area contributed by atoms with Crippen molar-refractivity contribution in [3.63, 3.8) is 0 Å². The largest absolute Gasteiger partial charge is 0.507 e. The van der Waals surface area contributed by atoms with Crippen molar-refractivity contribution in [2.75, 3.05) is 0 Å². The Morgan fingerprint density at radius 1 is 1.19 bits per heavy atom. The smallest absolute Gasteiger partial charge is 0.338 e. The van der Waals surface area contributed by atoms with E-state index in [9.17, 15) is 15.2 Å². The number of ether oxygens (including phenoxy) is 1. The number of H-pyrrole nitrogens is 1. The molecule has 154 valence electrons. The van der Waals surface area contributed by atoms with E-state index in [1.165, 1.54) is 6.92 Å². The van der Waals surface area contributed by atoms with Crippen LogP contribution in [0, 0.1) is 18.3 Å². The molecular weight excluding hydrogens is 394 g/mol. The van der Waals surface area contributed by atoms with Crippen molar-refractivity contribution in [1.82, 2.24) is 19.7 Å². The molecule has 0 unspecified atom stereocenters. The number of fused-ring (bicyclic) bond motifs is 1. The standard InChI is InChI=1S/C23H19N5O3/c1-14-11-12-25-28(14)17-9-7-16(8-10-17)23(30)31-15(2)21(29)18(13-24)22-26-19-5-3-4-6-20(19)27-22/h3-12,15,29H,1-2H3,(H,26,27)/b21-18-/t15-/m1/s1. The number of aromatic nitrogens is 4. The lowest BCUT2D eigenvalue weighted by molar-refractivity contribution is 0.0334.